The predicted molar refractivity (Wildman–Crippen MR) is 206 cm³/mol. The maximum Gasteiger partial charge on any atom is 0.220 e. The van der Waals surface area contributed by atoms with Crippen molar-refractivity contribution >= 4 is 11.7 Å². The first-order valence-corrected chi connectivity index (χ1v) is 21.6. The largest absolute Gasteiger partial charge is 0.391 e. The van der Waals surface area contributed by atoms with Gasteiger partial charge < -0.3 is 10.4 Å². The lowest BCUT2D eigenvalue weighted by molar-refractivity contribution is -0.121. The van der Waals surface area contributed by atoms with Gasteiger partial charge >= 0.3 is 0 Å². The van der Waals surface area contributed by atoms with Crippen LogP contribution in [0.5, 0.6) is 0 Å². The normalized spacial score (nSPS) is 12.1. The highest BCUT2D eigenvalue weighted by atomic mass is 16.3. The Morgan fingerprint density at radius 1 is 0.404 bits per heavy atom. The van der Waals surface area contributed by atoms with Gasteiger partial charge in [0.05, 0.1) is 6.10 Å². The minimum Gasteiger partial charge on any atom is -0.391 e. The van der Waals surface area contributed by atoms with Gasteiger partial charge in [0.25, 0.3) is 0 Å². The van der Waals surface area contributed by atoms with E-state index in [0.29, 0.717) is 18.7 Å². The fourth-order valence-electron chi connectivity index (χ4n) is 6.78. The zero-order valence-electron chi connectivity index (χ0n) is 32.2. The summed E-state index contributed by atoms with van der Waals surface area (Å²) in [4.78, 5) is 24.3. The molecule has 0 aliphatic carbocycles. The van der Waals surface area contributed by atoms with Crippen LogP contribution in [0.3, 0.4) is 0 Å². The topological polar surface area (TPSA) is 66.4 Å². The molecule has 1 atom stereocenters. The molecule has 0 heterocycles. The molecule has 0 aliphatic rings. The first-order chi connectivity index (χ1) is 23.1. The van der Waals surface area contributed by atoms with E-state index in [1.165, 1.54) is 180 Å². The summed E-state index contributed by atoms with van der Waals surface area (Å²) < 4.78 is 0. The van der Waals surface area contributed by atoms with Crippen molar-refractivity contribution in [2.75, 3.05) is 6.54 Å². The maximum atomic E-state index is 12.1. The van der Waals surface area contributed by atoms with Crippen LogP contribution in [0.2, 0.25) is 0 Å². The smallest absolute Gasteiger partial charge is 0.220 e. The van der Waals surface area contributed by atoms with Gasteiger partial charge in [0.15, 0.2) is 0 Å². The van der Waals surface area contributed by atoms with Gasteiger partial charge in [-0.2, -0.15) is 0 Å². The van der Waals surface area contributed by atoms with Crippen molar-refractivity contribution in [2.24, 2.45) is 0 Å². The van der Waals surface area contributed by atoms with Crippen molar-refractivity contribution in [3.63, 3.8) is 0 Å². The summed E-state index contributed by atoms with van der Waals surface area (Å²) in [6.07, 6.45) is 45.2. The zero-order chi connectivity index (χ0) is 34.3. The first-order valence-electron chi connectivity index (χ1n) is 21.6. The number of Topliss-reactive ketones (excluding diaryl/α,β-unsaturated/α-hetero) is 1. The summed E-state index contributed by atoms with van der Waals surface area (Å²) >= 11 is 0. The third-order valence-electron chi connectivity index (χ3n) is 10.1. The van der Waals surface area contributed by atoms with Crippen LogP contribution in [0.1, 0.15) is 251 Å². The highest BCUT2D eigenvalue weighted by Gasteiger charge is 2.07. The SMILES string of the molecule is CCCCCCCCCCCCCCCC[C@@H](O)CNC(=O)CCCCCCCCCCC(=O)CCCCCCCCCCCCC. The molecule has 2 N–H and O–H groups in total. The van der Waals surface area contributed by atoms with E-state index in [-0.39, 0.29) is 5.91 Å². The van der Waals surface area contributed by atoms with Gasteiger partial charge in [0.2, 0.25) is 5.91 Å². The van der Waals surface area contributed by atoms with Crippen LogP contribution < -0.4 is 5.32 Å². The molecule has 0 unspecified atom stereocenters. The van der Waals surface area contributed by atoms with Crippen molar-refractivity contribution < 1.29 is 14.7 Å². The van der Waals surface area contributed by atoms with Gasteiger partial charge in [-0.15, -0.1) is 0 Å². The fourth-order valence-corrected chi connectivity index (χ4v) is 6.78. The molecule has 0 fully saturated rings. The molecule has 47 heavy (non-hydrogen) atoms. The molecule has 0 aliphatic heterocycles. The number of nitrogens with one attached hydrogen (secondary N) is 1. The molecular formula is C43H85NO3. The lowest BCUT2D eigenvalue weighted by Crippen LogP contribution is -2.31. The molecule has 0 bridgehead atoms. The molecule has 0 aromatic carbocycles. The third-order valence-corrected chi connectivity index (χ3v) is 10.1. The zero-order valence-corrected chi connectivity index (χ0v) is 32.2. The highest BCUT2D eigenvalue weighted by Crippen LogP contribution is 2.16. The van der Waals surface area contributed by atoms with Crippen LogP contribution in [-0.4, -0.2) is 29.4 Å². The van der Waals surface area contributed by atoms with Gasteiger partial charge in [-0.25, -0.2) is 0 Å². The average molecular weight is 664 g/mol. The van der Waals surface area contributed by atoms with Gasteiger partial charge in [-0.05, 0) is 25.7 Å². The molecule has 0 aromatic heterocycles. The van der Waals surface area contributed by atoms with E-state index in [1.54, 1.807) is 0 Å². The third kappa shape index (κ3) is 39.4. The van der Waals surface area contributed by atoms with Crippen LogP contribution in [0.15, 0.2) is 0 Å². The van der Waals surface area contributed by atoms with E-state index in [1.807, 2.05) is 0 Å². The molecule has 1 amide bonds. The molecule has 280 valence electrons. The summed E-state index contributed by atoms with van der Waals surface area (Å²) in [7, 11) is 0. The van der Waals surface area contributed by atoms with Crippen molar-refractivity contribution in [1.82, 2.24) is 5.32 Å². The maximum absolute atomic E-state index is 12.1. The average Bonchev–Trinajstić information content (AvgIpc) is 3.07. The summed E-state index contributed by atoms with van der Waals surface area (Å²) in [5, 5.41) is 13.2. The highest BCUT2D eigenvalue weighted by molar-refractivity contribution is 5.78. The molecule has 0 saturated heterocycles. The van der Waals surface area contributed by atoms with Crippen molar-refractivity contribution in [2.45, 2.75) is 258 Å². The number of hydrogen-bond donors (Lipinski definition) is 2. The lowest BCUT2D eigenvalue weighted by Gasteiger charge is -2.12. The molecule has 4 heteroatoms. The summed E-state index contributed by atoms with van der Waals surface area (Å²) in [6, 6.07) is 0. The second kappa shape index (κ2) is 39.5. The van der Waals surface area contributed by atoms with Crippen LogP contribution in [0.4, 0.5) is 0 Å². The Morgan fingerprint density at radius 3 is 1.02 bits per heavy atom. The quantitative estimate of drug-likeness (QED) is 0.0641. The number of aliphatic hydroxyl groups is 1. The number of rotatable bonds is 40. The van der Waals surface area contributed by atoms with Crippen LogP contribution in [0, 0.1) is 0 Å². The van der Waals surface area contributed by atoms with E-state index in [2.05, 4.69) is 19.2 Å². The lowest BCUT2D eigenvalue weighted by atomic mass is 10.0. The molecule has 0 aromatic rings. The molecule has 0 saturated carbocycles. The van der Waals surface area contributed by atoms with Crippen molar-refractivity contribution in [3.05, 3.63) is 0 Å². The number of unbranched alkanes of at least 4 members (excludes halogenated alkanes) is 30. The second-order valence-corrected chi connectivity index (χ2v) is 15.0. The predicted octanol–water partition coefficient (Wildman–Crippen LogP) is 13.5. The van der Waals surface area contributed by atoms with Crippen LogP contribution in [0.25, 0.3) is 0 Å². The number of ketones is 1. The second-order valence-electron chi connectivity index (χ2n) is 15.0. The standard InChI is InChI=1S/C43H85NO3/c1-3-5-7-9-11-13-15-16-17-19-21-26-30-34-38-42(46)40-44-43(47)39-35-31-27-23-22-25-29-33-37-41(45)36-32-28-24-20-18-14-12-10-8-6-4-2/h42,46H,3-40H2,1-2H3,(H,44,47)/t42-/m1/s1. The summed E-state index contributed by atoms with van der Waals surface area (Å²) in [6.45, 7) is 4.96. The molecule has 0 rings (SSSR count). The molecular weight excluding hydrogens is 578 g/mol. The van der Waals surface area contributed by atoms with Crippen LogP contribution in [-0.2, 0) is 9.59 Å². The fraction of sp³-hybridized carbons (Fsp3) is 0.953. The minimum atomic E-state index is -0.406. The van der Waals surface area contributed by atoms with E-state index < -0.39 is 6.10 Å². The number of amides is 1. The Labute approximate surface area is 295 Å². The minimum absolute atomic E-state index is 0.0860. The Balaban J connectivity index is 3.32. The van der Waals surface area contributed by atoms with Crippen molar-refractivity contribution in [3.8, 4) is 0 Å². The van der Waals surface area contributed by atoms with E-state index in [0.717, 1.165) is 51.4 Å². The molecule has 4 nitrogen and oxygen atoms in total. The van der Waals surface area contributed by atoms with E-state index in [9.17, 15) is 14.7 Å². The Kier molecular flexibility index (Phi) is 38.8. The van der Waals surface area contributed by atoms with E-state index >= 15 is 0 Å². The Morgan fingerprint density at radius 2 is 0.681 bits per heavy atom. The van der Waals surface area contributed by atoms with Gasteiger partial charge in [-0.1, -0.05) is 206 Å². The number of carbonyl (C=O) groups is 2. The Bertz CT molecular complexity index is 637. The number of aliphatic hydroxyl groups excluding tert-OH is 1. The van der Waals surface area contributed by atoms with Gasteiger partial charge in [-0.3, -0.25) is 9.59 Å². The molecule has 0 spiro atoms. The summed E-state index contributed by atoms with van der Waals surface area (Å²) in [5.74, 6) is 0.560. The van der Waals surface area contributed by atoms with Crippen LogP contribution >= 0.6 is 0 Å². The van der Waals surface area contributed by atoms with E-state index in [4.69, 9.17) is 0 Å². The molecule has 0 radical (unpaired) electrons. The monoisotopic (exact) mass is 664 g/mol. The number of carbonyl (C=O) groups excluding carboxylic acids is 2. The van der Waals surface area contributed by atoms with Gasteiger partial charge in [0, 0.05) is 25.8 Å². The first kappa shape index (κ1) is 46.1. The summed E-state index contributed by atoms with van der Waals surface area (Å²) in [5.41, 5.74) is 0. The number of hydrogen-bond acceptors (Lipinski definition) is 3. The Hall–Kier alpha value is -0.900. The van der Waals surface area contributed by atoms with Crippen molar-refractivity contribution in [1.29, 1.82) is 0 Å². The van der Waals surface area contributed by atoms with Gasteiger partial charge in [0.1, 0.15) is 5.78 Å².